The second kappa shape index (κ2) is 5.37. The van der Waals surface area contributed by atoms with E-state index in [2.05, 4.69) is 34.3 Å². The molecule has 130 valence electrons. The van der Waals surface area contributed by atoms with Crippen molar-refractivity contribution in [3.63, 3.8) is 0 Å². The summed E-state index contributed by atoms with van der Waals surface area (Å²) in [5.41, 5.74) is 2.71. The summed E-state index contributed by atoms with van der Waals surface area (Å²) in [6.07, 6.45) is 13.5. The van der Waals surface area contributed by atoms with Crippen LogP contribution in [-0.2, 0) is 0 Å². The highest BCUT2D eigenvalue weighted by Gasteiger charge is 2.61. The summed E-state index contributed by atoms with van der Waals surface area (Å²) in [7, 11) is 0. The van der Waals surface area contributed by atoms with Crippen LogP contribution in [0.1, 0.15) is 85.5 Å². The molecule has 0 amide bonds. The maximum absolute atomic E-state index is 4.37. The maximum atomic E-state index is 4.37. The highest BCUT2D eigenvalue weighted by molar-refractivity contribution is 5.16. The molecule has 0 aromatic heterocycles. The van der Waals surface area contributed by atoms with Crippen molar-refractivity contribution < 1.29 is 0 Å². The fraction of sp³-hybridized carbons (Fsp3) is 0.913. The van der Waals surface area contributed by atoms with Gasteiger partial charge in [-0.05, 0) is 105 Å². The molecule has 4 fully saturated rings. The first-order valence-corrected chi connectivity index (χ1v) is 10.5. The summed E-state index contributed by atoms with van der Waals surface area (Å²) in [5, 5.41) is 0. The van der Waals surface area contributed by atoms with Crippen molar-refractivity contribution in [1.29, 1.82) is 0 Å². The van der Waals surface area contributed by atoms with Crippen LogP contribution in [-0.4, -0.2) is 0 Å². The molecule has 23 heavy (non-hydrogen) atoms. The van der Waals surface area contributed by atoms with E-state index < -0.39 is 0 Å². The van der Waals surface area contributed by atoms with Crippen LogP contribution in [0.3, 0.4) is 0 Å². The van der Waals surface area contributed by atoms with E-state index in [1.54, 1.807) is 6.42 Å². The molecule has 0 aromatic carbocycles. The number of allylic oxidation sites excluding steroid dienone is 1. The molecule has 0 N–H and O–H groups in total. The van der Waals surface area contributed by atoms with Crippen molar-refractivity contribution >= 4 is 0 Å². The summed E-state index contributed by atoms with van der Waals surface area (Å²) < 4.78 is 0. The van der Waals surface area contributed by atoms with Crippen molar-refractivity contribution in [2.45, 2.75) is 85.5 Å². The molecule has 4 saturated carbocycles. The van der Waals surface area contributed by atoms with Gasteiger partial charge in [-0.2, -0.15) is 0 Å². The van der Waals surface area contributed by atoms with E-state index in [1.807, 2.05) is 0 Å². The first-order valence-electron chi connectivity index (χ1n) is 10.5. The van der Waals surface area contributed by atoms with Crippen LogP contribution in [0.4, 0.5) is 0 Å². The minimum Gasteiger partial charge on any atom is -0.0998 e. The van der Waals surface area contributed by atoms with Gasteiger partial charge in [-0.25, -0.2) is 0 Å². The Bertz CT molecular complexity index is 490. The second-order valence-corrected chi connectivity index (χ2v) is 10.6. The van der Waals surface area contributed by atoms with Gasteiger partial charge in [0.2, 0.25) is 0 Å². The third kappa shape index (κ3) is 2.22. The quantitative estimate of drug-likeness (QED) is 0.464. The minimum absolute atomic E-state index is 0.574. The molecule has 8 atom stereocenters. The number of hydrogen-bond acceptors (Lipinski definition) is 0. The fourth-order valence-electron chi connectivity index (χ4n) is 8.35. The lowest BCUT2D eigenvalue weighted by Crippen LogP contribution is -2.54. The van der Waals surface area contributed by atoms with Gasteiger partial charge < -0.3 is 0 Å². The molecule has 0 heteroatoms. The topological polar surface area (TPSA) is 0 Å². The van der Waals surface area contributed by atoms with Crippen LogP contribution < -0.4 is 0 Å². The minimum atomic E-state index is 0.574. The molecule has 4 rings (SSSR count). The van der Waals surface area contributed by atoms with E-state index in [1.165, 1.54) is 56.9 Å². The van der Waals surface area contributed by atoms with Gasteiger partial charge in [0.05, 0.1) is 0 Å². The molecule has 0 radical (unpaired) electrons. The third-order valence-corrected chi connectivity index (χ3v) is 9.48. The van der Waals surface area contributed by atoms with E-state index in [0.29, 0.717) is 10.8 Å². The lowest BCUT2D eigenvalue weighted by molar-refractivity contribution is -0.125. The van der Waals surface area contributed by atoms with Crippen molar-refractivity contribution in [3.05, 3.63) is 12.2 Å². The lowest BCUT2D eigenvalue weighted by Gasteiger charge is -2.62. The smallest absolute Gasteiger partial charge is 0.0152 e. The van der Waals surface area contributed by atoms with Gasteiger partial charge in [-0.15, -0.1) is 0 Å². The zero-order valence-electron chi connectivity index (χ0n) is 16.0. The maximum Gasteiger partial charge on any atom is -0.0152 e. The highest BCUT2D eigenvalue weighted by atomic mass is 14.7. The average Bonchev–Trinajstić information content (AvgIpc) is 2.84. The highest BCUT2D eigenvalue weighted by Crippen LogP contribution is 2.69. The number of fused-ring (bicyclic) bond motifs is 5. The first kappa shape index (κ1) is 16.2. The monoisotopic (exact) mass is 314 g/mol. The van der Waals surface area contributed by atoms with Gasteiger partial charge in [0.1, 0.15) is 0 Å². The summed E-state index contributed by atoms with van der Waals surface area (Å²) >= 11 is 0. The number of hydrogen-bond donors (Lipinski definition) is 0. The van der Waals surface area contributed by atoms with Crippen LogP contribution in [0.5, 0.6) is 0 Å². The van der Waals surface area contributed by atoms with Gasteiger partial charge in [0.25, 0.3) is 0 Å². The SMILES string of the molecule is C=C(C)C1CCC2C3CCC4CC(C)CCC4C3(C)CCC12C. The lowest BCUT2D eigenvalue weighted by atomic mass is 9.43. The molecular formula is C23H38. The summed E-state index contributed by atoms with van der Waals surface area (Å²) in [6, 6.07) is 0. The van der Waals surface area contributed by atoms with Gasteiger partial charge in [0.15, 0.2) is 0 Å². The molecule has 0 aliphatic heterocycles. The Labute approximate surface area is 144 Å². The van der Waals surface area contributed by atoms with Crippen LogP contribution in [0.25, 0.3) is 0 Å². The Kier molecular flexibility index (Phi) is 3.79. The predicted octanol–water partition coefficient (Wildman–Crippen LogP) is 6.86. The normalized spacial score (nSPS) is 55.7. The Morgan fingerprint density at radius 1 is 0.826 bits per heavy atom. The van der Waals surface area contributed by atoms with Gasteiger partial charge in [-0.1, -0.05) is 39.3 Å². The zero-order chi connectivity index (χ0) is 16.4. The molecule has 0 saturated heterocycles. The molecular weight excluding hydrogens is 276 g/mol. The fourth-order valence-corrected chi connectivity index (χ4v) is 8.35. The zero-order valence-corrected chi connectivity index (χ0v) is 16.0. The van der Waals surface area contributed by atoms with Crippen molar-refractivity contribution in [1.82, 2.24) is 0 Å². The Morgan fingerprint density at radius 3 is 2.17 bits per heavy atom. The molecule has 0 aromatic rings. The first-order chi connectivity index (χ1) is 10.9. The number of rotatable bonds is 1. The van der Waals surface area contributed by atoms with Crippen molar-refractivity contribution in [2.24, 2.45) is 46.3 Å². The van der Waals surface area contributed by atoms with Gasteiger partial charge >= 0.3 is 0 Å². The summed E-state index contributed by atoms with van der Waals surface area (Å²) in [6.45, 7) is 14.5. The van der Waals surface area contributed by atoms with Gasteiger partial charge in [0, 0.05) is 0 Å². The Hall–Kier alpha value is -0.260. The molecule has 0 heterocycles. The van der Waals surface area contributed by atoms with Gasteiger partial charge in [-0.3, -0.25) is 0 Å². The molecule has 8 unspecified atom stereocenters. The standard InChI is InChI=1S/C23H38/c1-15(2)18-10-11-21-20-9-7-17-14-16(3)6-8-19(17)23(20,5)13-12-22(18,21)4/h16-21H,1,6-14H2,2-5H3. The average molecular weight is 315 g/mol. The van der Waals surface area contributed by atoms with E-state index >= 15 is 0 Å². The molecule has 0 bridgehead atoms. The van der Waals surface area contributed by atoms with Crippen molar-refractivity contribution in [2.75, 3.05) is 0 Å². The Morgan fingerprint density at radius 2 is 1.43 bits per heavy atom. The van der Waals surface area contributed by atoms with Crippen LogP contribution in [0.15, 0.2) is 12.2 Å². The predicted molar refractivity (Wildman–Crippen MR) is 99.2 cm³/mol. The molecule has 0 nitrogen and oxygen atoms in total. The van der Waals surface area contributed by atoms with E-state index in [0.717, 1.165) is 35.5 Å². The summed E-state index contributed by atoms with van der Waals surface area (Å²) in [5.74, 6) is 5.91. The van der Waals surface area contributed by atoms with Crippen LogP contribution in [0, 0.1) is 46.3 Å². The van der Waals surface area contributed by atoms with Crippen LogP contribution in [0.2, 0.25) is 0 Å². The largest absolute Gasteiger partial charge is 0.0998 e. The molecule has 4 aliphatic rings. The Balaban J connectivity index is 1.63. The summed E-state index contributed by atoms with van der Waals surface area (Å²) in [4.78, 5) is 0. The second-order valence-electron chi connectivity index (χ2n) is 10.6. The van der Waals surface area contributed by atoms with E-state index in [9.17, 15) is 0 Å². The third-order valence-electron chi connectivity index (χ3n) is 9.48. The molecule has 4 aliphatic carbocycles. The van der Waals surface area contributed by atoms with E-state index in [4.69, 9.17) is 0 Å². The van der Waals surface area contributed by atoms with E-state index in [-0.39, 0.29) is 0 Å². The molecule has 0 spiro atoms. The van der Waals surface area contributed by atoms with Crippen molar-refractivity contribution in [3.8, 4) is 0 Å². The van der Waals surface area contributed by atoms with Crippen LogP contribution >= 0.6 is 0 Å².